The van der Waals surface area contributed by atoms with Gasteiger partial charge in [0, 0.05) is 29.2 Å². The highest BCUT2D eigenvalue weighted by molar-refractivity contribution is 7.90. The molecular formula is C22H24N4O3S. The van der Waals surface area contributed by atoms with Crippen LogP contribution in [-0.2, 0) is 21.2 Å². The SMILES string of the molecule is CC(C)[C@@H](N=C1NS(=O)(=O)c2ccccc21)C(=O)NCCc1c[nH]c2ccccc12. The summed E-state index contributed by atoms with van der Waals surface area (Å²) in [7, 11) is -3.64. The smallest absolute Gasteiger partial charge is 0.263 e. The summed E-state index contributed by atoms with van der Waals surface area (Å²) in [5, 5.41) is 4.09. The quantitative estimate of drug-likeness (QED) is 0.567. The summed E-state index contributed by atoms with van der Waals surface area (Å²) >= 11 is 0. The van der Waals surface area contributed by atoms with Gasteiger partial charge in [0.05, 0.1) is 4.90 Å². The number of amides is 1. The molecule has 0 aliphatic carbocycles. The molecule has 2 aromatic carbocycles. The predicted molar refractivity (Wildman–Crippen MR) is 117 cm³/mol. The van der Waals surface area contributed by atoms with Crippen LogP contribution in [0.4, 0.5) is 0 Å². The minimum absolute atomic E-state index is 0.0946. The normalized spacial score (nSPS) is 17.1. The number of H-pyrrole nitrogens is 1. The number of aromatic amines is 1. The van der Waals surface area contributed by atoms with Crippen molar-refractivity contribution in [3.05, 3.63) is 65.9 Å². The number of aliphatic imine (C=N–C) groups is 1. The monoisotopic (exact) mass is 424 g/mol. The van der Waals surface area contributed by atoms with Gasteiger partial charge in [0.1, 0.15) is 11.9 Å². The maximum absolute atomic E-state index is 12.8. The van der Waals surface area contributed by atoms with Crippen molar-refractivity contribution in [3.8, 4) is 0 Å². The Morgan fingerprint density at radius 1 is 1.10 bits per heavy atom. The molecule has 1 aliphatic rings. The Morgan fingerprint density at radius 3 is 2.63 bits per heavy atom. The fourth-order valence-corrected chi connectivity index (χ4v) is 4.88. The van der Waals surface area contributed by atoms with E-state index in [0.29, 0.717) is 18.5 Å². The van der Waals surface area contributed by atoms with E-state index in [2.05, 4.69) is 26.1 Å². The molecule has 8 heteroatoms. The van der Waals surface area contributed by atoms with Crippen LogP contribution in [0.2, 0.25) is 0 Å². The lowest BCUT2D eigenvalue weighted by molar-refractivity contribution is -0.123. The molecule has 0 fully saturated rings. The van der Waals surface area contributed by atoms with E-state index in [1.807, 2.05) is 38.2 Å². The van der Waals surface area contributed by atoms with Crippen molar-refractivity contribution < 1.29 is 13.2 Å². The van der Waals surface area contributed by atoms with Gasteiger partial charge in [-0.3, -0.25) is 14.5 Å². The molecule has 0 unspecified atom stereocenters. The number of para-hydroxylation sites is 1. The van der Waals surface area contributed by atoms with Gasteiger partial charge in [-0.1, -0.05) is 44.2 Å². The zero-order valence-electron chi connectivity index (χ0n) is 16.8. The van der Waals surface area contributed by atoms with Crippen molar-refractivity contribution >= 4 is 32.7 Å². The molecule has 0 spiro atoms. The molecule has 156 valence electrons. The molecule has 30 heavy (non-hydrogen) atoms. The van der Waals surface area contributed by atoms with Gasteiger partial charge in [0.2, 0.25) is 5.91 Å². The first kappa shape index (κ1) is 20.2. The highest BCUT2D eigenvalue weighted by atomic mass is 32.2. The van der Waals surface area contributed by atoms with E-state index in [0.717, 1.165) is 16.5 Å². The average molecular weight is 425 g/mol. The predicted octanol–water partition coefficient (Wildman–Crippen LogP) is 2.59. The van der Waals surface area contributed by atoms with E-state index in [1.54, 1.807) is 18.2 Å². The third-order valence-electron chi connectivity index (χ3n) is 5.20. The number of fused-ring (bicyclic) bond motifs is 2. The summed E-state index contributed by atoms with van der Waals surface area (Å²) in [6.07, 6.45) is 2.65. The summed E-state index contributed by atoms with van der Waals surface area (Å²) in [4.78, 5) is 20.7. The molecule has 1 aliphatic heterocycles. The van der Waals surface area contributed by atoms with Gasteiger partial charge >= 0.3 is 0 Å². The number of rotatable bonds is 6. The van der Waals surface area contributed by atoms with Crippen LogP contribution in [0, 0.1) is 5.92 Å². The second-order valence-electron chi connectivity index (χ2n) is 7.67. The third-order valence-corrected chi connectivity index (χ3v) is 6.60. The Hall–Kier alpha value is -3.13. The molecule has 0 saturated heterocycles. The Bertz CT molecular complexity index is 1230. The summed E-state index contributed by atoms with van der Waals surface area (Å²) < 4.78 is 27.1. The maximum atomic E-state index is 12.8. The van der Waals surface area contributed by atoms with Gasteiger partial charge < -0.3 is 10.3 Å². The van der Waals surface area contributed by atoms with Crippen molar-refractivity contribution in [1.82, 2.24) is 15.0 Å². The maximum Gasteiger partial charge on any atom is 0.263 e. The number of aromatic nitrogens is 1. The number of nitrogens with one attached hydrogen (secondary N) is 3. The topological polar surface area (TPSA) is 103 Å². The number of benzene rings is 2. The van der Waals surface area contributed by atoms with Crippen molar-refractivity contribution in [2.75, 3.05) is 6.54 Å². The van der Waals surface area contributed by atoms with Gasteiger partial charge in [-0.05, 0) is 36.1 Å². The molecule has 3 aromatic rings. The molecule has 4 rings (SSSR count). The van der Waals surface area contributed by atoms with E-state index in [9.17, 15) is 13.2 Å². The zero-order valence-corrected chi connectivity index (χ0v) is 17.7. The number of amidine groups is 1. The Morgan fingerprint density at radius 2 is 1.83 bits per heavy atom. The summed E-state index contributed by atoms with van der Waals surface area (Å²) in [6, 6.07) is 14.0. The Balaban J connectivity index is 1.48. The lowest BCUT2D eigenvalue weighted by atomic mass is 10.0. The molecular weight excluding hydrogens is 400 g/mol. The highest BCUT2D eigenvalue weighted by Crippen LogP contribution is 2.23. The summed E-state index contributed by atoms with van der Waals surface area (Å²) in [6.45, 7) is 4.25. The first-order valence-corrected chi connectivity index (χ1v) is 11.4. The van der Waals surface area contributed by atoms with Crippen LogP contribution in [0.3, 0.4) is 0 Å². The molecule has 7 nitrogen and oxygen atoms in total. The minimum Gasteiger partial charge on any atom is -0.361 e. The largest absolute Gasteiger partial charge is 0.361 e. The number of nitrogens with zero attached hydrogens (tertiary/aromatic N) is 1. The standard InChI is InChI=1S/C22H24N4O3S/c1-14(2)20(25-21-17-8-4-6-10-19(17)30(28,29)26-21)22(27)23-12-11-15-13-24-18-9-5-3-7-16(15)18/h3-10,13-14,20,24H,11-12H2,1-2H3,(H,23,27)(H,25,26)/t20-/m1/s1. The van der Waals surface area contributed by atoms with Crippen LogP contribution in [0.15, 0.2) is 64.6 Å². The zero-order chi connectivity index (χ0) is 21.3. The van der Waals surface area contributed by atoms with E-state index >= 15 is 0 Å². The number of carbonyl (C=O) groups excluding carboxylic acids is 1. The van der Waals surface area contributed by atoms with Gasteiger partial charge in [0.15, 0.2) is 0 Å². The van der Waals surface area contributed by atoms with Gasteiger partial charge in [-0.15, -0.1) is 0 Å². The number of hydrogen-bond acceptors (Lipinski definition) is 4. The fourth-order valence-electron chi connectivity index (χ4n) is 3.64. The first-order chi connectivity index (χ1) is 14.4. The van der Waals surface area contributed by atoms with Gasteiger partial charge in [-0.25, -0.2) is 8.42 Å². The number of carbonyl (C=O) groups is 1. The van der Waals surface area contributed by atoms with E-state index in [-0.39, 0.29) is 22.6 Å². The van der Waals surface area contributed by atoms with E-state index in [1.165, 1.54) is 6.07 Å². The van der Waals surface area contributed by atoms with Crippen LogP contribution in [0.1, 0.15) is 25.0 Å². The van der Waals surface area contributed by atoms with Crippen molar-refractivity contribution in [2.45, 2.75) is 31.2 Å². The van der Waals surface area contributed by atoms with Crippen molar-refractivity contribution in [3.63, 3.8) is 0 Å². The molecule has 3 N–H and O–H groups in total. The Kier molecular flexibility index (Phi) is 5.34. The van der Waals surface area contributed by atoms with Crippen molar-refractivity contribution in [2.24, 2.45) is 10.9 Å². The number of sulfonamides is 1. The number of hydrogen-bond donors (Lipinski definition) is 3. The molecule has 0 radical (unpaired) electrons. The lowest BCUT2D eigenvalue weighted by Crippen LogP contribution is -2.39. The highest BCUT2D eigenvalue weighted by Gasteiger charge is 2.32. The van der Waals surface area contributed by atoms with E-state index in [4.69, 9.17) is 0 Å². The van der Waals surface area contributed by atoms with Gasteiger partial charge in [-0.2, -0.15) is 0 Å². The first-order valence-electron chi connectivity index (χ1n) is 9.89. The van der Waals surface area contributed by atoms with Crippen LogP contribution < -0.4 is 10.0 Å². The fraction of sp³-hybridized carbons (Fsp3) is 0.273. The van der Waals surface area contributed by atoms with Crippen LogP contribution in [-0.4, -0.2) is 37.7 Å². The lowest BCUT2D eigenvalue weighted by Gasteiger charge is -2.17. The molecule has 1 amide bonds. The third kappa shape index (κ3) is 3.82. The van der Waals surface area contributed by atoms with Crippen LogP contribution in [0.25, 0.3) is 10.9 Å². The second kappa shape index (κ2) is 7.95. The van der Waals surface area contributed by atoms with Crippen LogP contribution in [0.5, 0.6) is 0 Å². The van der Waals surface area contributed by atoms with Crippen LogP contribution >= 0.6 is 0 Å². The van der Waals surface area contributed by atoms with E-state index < -0.39 is 16.1 Å². The average Bonchev–Trinajstić information content (AvgIpc) is 3.24. The molecule has 0 bridgehead atoms. The second-order valence-corrected chi connectivity index (χ2v) is 9.32. The molecule has 1 aromatic heterocycles. The molecule has 0 saturated carbocycles. The summed E-state index contributed by atoms with van der Waals surface area (Å²) in [5.41, 5.74) is 2.70. The molecule has 2 heterocycles. The minimum atomic E-state index is -3.64. The molecule has 1 atom stereocenters. The summed E-state index contributed by atoms with van der Waals surface area (Å²) in [5.74, 6) is -0.0974. The Labute approximate surface area is 175 Å². The van der Waals surface area contributed by atoms with Crippen molar-refractivity contribution in [1.29, 1.82) is 0 Å². The van der Waals surface area contributed by atoms with Gasteiger partial charge in [0.25, 0.3) is 10.0 Å².